The van der Waals surface area contributed by atoms with Crippen molar-refractivity contribution in [1.29, 1.82) is 0 Å². The Balaban J connectivity index is 1.20. The number of nitrogens with zero attached hydrogens (tertiary/aromatic N) is 4. The highest BCUT2D eigenvalue weighted by molar-refractivity contribution is 5.78. The molecule has 41 heavy (non-hydrogen) atoms. The van der Waals surface area contributed by atoms with Crippen molar-refractivity contribution >= 4 is 11.9 Å². The number of likely N-dealkylation sites (tertiary alicyclic amines) is 1. The first-order valence-corrected chi connectivity index (χ1v) is 15.1. The quantitative estimate of drug-likeness (QED) is 0.546. The van der Waals surface area contributed by atoms with Gasteiger partial charge in [-0.2, -0.15) is 0 Å². The van der Waals surface area contributed by atoms with E-state index >= 15 is 0 Å². The van der Waals surface area contributed by atoms with Gasteiger partial charge in [0, 0.05) is 38.9 Å². The molecule has 1 aromatic carbocycles. The highest BCUT2D eigenvalue weighted by atomic mass is 16.5. The first-order chi connectivity index (χ1) is 19.9. The summed E-state index contributed by atoms with van der Waals surface area (Å²) >= 11 is 0. The SMILES string of the molecule is O=C(CN1CCc2ccccc2C1)N1CCCCC2(CCN(Cc3ccccn3)CC2)C(=O)OC[C@@H](O)[C@@H](O)CC1. The number of fused-ring (bicyclic) bond motifs is 1. The molecule has 0 bridgehead atoms. The van der Waals surface area contributed by atoms with Crippen LogP contribution in [0.5, 0.6) is 0 Å². The second-order valence-electron chi connectivity index (χ2n) is 12.0. The average molecular weight is 565 g/mol. The molecule has 2 saturated heterocycles. The third-order valence-electron chi connectivity index (χ3n) is 9.14. The van der Waals surface area contributed by atoms with Gasteiger partial charge in [0.05, 0.1) is 23.8 Å². The number of hydrogen-bond donors (Lipinski definition) is 2. The van der Waals surface area contributed by atoms with Crippen molar-refractivity contribution in [2.24, 2.45) is 5.41 Å². The summed E-state index contributed by atoms with van der Waals surface area (Å²) in [6.45, 7) is 4.92. The lowest BCUT2D eigenvalue weighted by Crippen LogP contribution is -2.46. The maximum absolute atomic E-state index is 13.4. The molecule has 1 spiro atoms. The largest absolute Gasteiger partial charge is 0.462 e. The predicted octanol–water partition coefficient (Wildman–Crippen LogP) is 2.39. The molecule has 3 aliphatic rings. The number of carbonyl (C=O) groups excluding carboxylic acids is 2. The van der Waals surface area contributed by atoms with Crippen LogP contribution in [0.15, 0.2) is 48.7 Å². The summed E-state index contributed by atoms with van der Waals surface area (Å²) in [5.41, 5.74) is 3.02. The van der Waals surface area contributed by atoms with Crippen LogP contribution in [0.25, 0.3) is 0 Å². The molecule has 2 fully saturated rings. The molecule has 0 saturated carbocycles. The van der Waals surface area contributed by atoms with Gasteiger partial charge in [-0.05, 0) is 74.9 Å². The van der Waals surface area contributed by atoms with Crippen LogP contribution in [-0.4, -0.2) is 99.9 Å². The van der Waals surface area contributed by atoms with E-state index in [0.29, 0.717) is 38.9 Å². The lowest BCUT2D eigenvalue weighted by molar-refractivity contribution is -0.165. The normalized spacial score (nSPS) is 24.9. The number of carbonyl (C=O) groups is 2. The molecule has 2 aromatic rings. The summed E-state index contributed by atoms with van der Waals surface area (Å²) in [4.78, 5) is 37.6. The first-order valence-electron chi connectivity index (χ1n) is 15.1. The highest BCUT2D eigenvalue weighted by Gasteiger charge is 2.43. The van der Waals surface area contributed by atoms with Crippen LogP contribution in [0, 0.1) is 5.41 Å². The molecule has 3 aliphatic heterocycles. The molecular formula is C32H44N4O5. The zero-order chi connectivity index (χ0) is 28.7. The summed E-state index contributed by atoms with van der Waals surface area (Å²) in [6.07, 6.45) is 4.34. The summed E-state index contributed by atoms with van der Waals surface area (Å²) in [7, 11) is 0. The molecule has 1 aromatic heterocycles. The highest BCUT2D eigenvalue weighted by Crippen LogP contribution is 2.38. The van der Waals surface area contributed by atoms with E-state index in [0.717, 1.165) is 57.7 Å². The Bertz CT molecular complexity index is 1150. The molecule has 5 rings (SSSR count). The average Bonchev–Trinajstić information content (AvgIpc) is 3.00. The zero-order valence-corrected chi connectivity index (χ0v) is 24.0. The van der Waals surface area contributed by atoms with E-state index in [-0.39, 0.29) is 24.9 Å². The molecule has 9 heteroatoms. The van der Waals surface area contributed by atoms with Gasteiger partial charge in [-0.15, -0.1) is 0 Å². The standard InChI is InChI=1S/C32H44N4O5/c37-28-11-18-36(30(39)23-35-17-10-25-7-1-2-8-26(25)21-35)16-6-4-12-32(31(40)41-24-29(28)38)13-19-34(20-14-32)22-27-9-3-5-15-33-27/h1-3,5,7-9,15,28-29,37-38H,4,6,10-14,16-24H2/t28-,29+/m0/s1. The van der Waals surface area contributed by atoms with E-state index in [2.05, 4.69) is 33.0 Å². The monoisotopic (exact) mass is 564 g/mol. The van der Waals surface area contributed by atoms with Crippen LogP contribution in [0.2, 0.25) is 0 Å². The Kier molecular flexibility index (Phi) is 10.0. The Hall–Kier alpha value is -2.85. The maximum Gasteiger partial charge on any atom is 0.312 e. The number of aliphatic hydroxyl groups is 2. The number of aliphatic hydroxyl groups excluding tert-OH is 2. The Morgan fingerprint density at radius 1 is 0.902 bits per heavy atom. The van der Waals surface area contributed by atoms with Crippen molar-refractivity contribution in [3.8, 4) is 0 Å². The van der Waals surface area contributed by atoms with Gasteiger partial charge >= 0.3 is 5.97 Å². The van der Waals surface area contributed by atoms with Crippen LogP contribution in [0.4, 0.5) is 0 Å². The van der Waals surface area contributed by atoms with Crippen LogP contribution < -0.4 is 0 Å². The molecule has 2 atom stereocenters. The number of piperidine rings is 1. The summed E-state index contributed by atoms with van der Waals surface area (Å²) in [6, 6.07) is 14.3. The van der Waals surface area contributed by atoms with Crippen LogP contribution in [-0.2, 0) is 33.8 Å². The van der Waals surface area contributed by atoms with E-state index < -0.39 is 17.6 Å². The third kappa shape index (κ3) is 7.71. The molecule has 222 valence electrons. The summed E-state index contributed by atoms with van der Waals surface area (Å²) < 4.78 is 5.62. The lowest BCUT2D eigenvalue weighted by atomic mass is 9.74. The molecule has 4 heterocycles. The fourth-order valence-electron chi connectivity index (χ4n) is 6.43. The van der Waals surface area contributed by atoms with E-state index in [4.69, 9.17) is 4.74 Å². The van der Waals surface area contributed by atoms with Crippen molar-refractivity contribution in [3.05, 3.63) is 65.5 Å². The molecule has 9 nitrogen and oxygen atoms in total. The van der Waals surface area contributed by atoms with Crippen LogP contribution >= 0.6 is 0 Å². The second kappa shape index (κ2) is 13.9. The van der Waals surface area contributed by atoms with E-state index in [1.54, 1.807) is 6.20 Å². The molecule has 0 aliphatic carbocycles. The van der Waals surface area contributed by atoms with E-state index in [9.17, 15) is 19.8 Å². The first kappa shape index (κ1) is 29.6. The van der Waals surface area contributed by atoms with Crippen molar-refractivity contribution in [3.63, 3.8) is 0 Å². The number of aromatic nitrogens is 1. The molecular weight excluding hydrogens is 520 g/mol. The summed E-state index contributed by atoms with van der Waals surface area (Å²) in [5.74, 6) is -0.232. The second-order valence-corrected chi connectivity index (χ2v) is 12.0. The minimum Gasteiger partial charge on any atom is -0.462 e. The van der Waals surface area contributed by atoms with Gasteiger partial charge in [0.15, 0.2) is 0 Å². The number of rotatable bonds is 4. The van der Waals surface area contributed by atoms with E-state index in [1.165, 1.54) is 11.1 Å². The van der Waals surface area contributed by atoms with Crippen LogP contribution in [0.3, 0.4) is 0 Å². The minimum atomic E-state index is -1.18. The fourth-order valence-corrected chi connectivity index (χ4v) is 6.43. The Morgan fingerprint density at radius 3 is 2.46 bits per heavy atom. The van der Waals surface area contributed by atoms with Crippen molar-refractivity contribution < 1.29 is 24.5 Å². The van der Waals surface area contributed by atoms with Crippen molar-refractivity contribution in [1.82, 2.24) is 19.7 Å². The van der Waals surface area contributed by atoms with Gasteiger partial charge in [0.1, 0.15) is 12.7 Å². The number of benzene rings is 1. The topological polar surface area (TPSA) is 106 Å². The van der Waals surface area contributed by atoms with Crippen molar-refractivity contribution in [2.75, 3.05) is 45.9 Å². The number of esters is 1. The number of ether oxygens (including phenoxy) is 1. The van der Waals surface area contributed by atoms with Crippen LogP contribution in [0.1, 0.15) is 55.3 Å². The fraction of sp³-hybridized carbons (Fsp3) is 0.594. The van der Waals surface area contributed by atoms with Gasteiger partial charge in [0.25, 0.3) is 0 Å². The molecule has 2 N–H and O–H groups in total. The Morgan fingerprint density at radius 2 is 1.68 bits per heavy atom. The zero-order valence-electron chi connectivity index (χ0n) is 24.0. The van der Waals surface area contributed by atoms with Crippen molar-refractivity contribution in [2.45, 2.75) is 70.2 Å². The number of amides is 1. The summed E-state index contributed by atoms with van der Waals surface area (Å²) in [5, 5.41) is 21.2. The number of pyridine rings is 1. The molecule has 0 radical (unpaired) electrons. The van der Waals surface area contributed by atoms with Gasteiger partial charge in [-0.3, -0.25) is 24.4 Å². The van der Waals surface area contributed by atoms with Gasteiger partial charge in [-0.25, -0.2) is 0 Å². The minimum absolute atomic E-state index is 0.0470. The molecule has 1 amide bonds. The maximum atomic E-state index is 13.4. The number of hydrogen-bond acceptors (Lipinski definition) is 8. The third-order valence-corrected chi connectivity index (χ3v) is 9.14. The van der Waals surface area contributed by atoms with Gasteiger partial charge in [-0.1, -0.05) is 36.8 Å². The predicted molar refractivity (Wildman–Crippen MR) is 155 cm³/mol. The van der Waals surface area contributed by atoms with Gasteiger partial charge < -0.3 is 19.8 Å². The molecule has 0 unspecified atom stereocenters. The Labute approximate surface area is 243 Å². The number of cyclic esters (lactones) is 1. The van der Waals surface area contributed by atoms with Gasteiger partial charge in [0.2, 0.25) is 5.91 Å². The smallest absolute Gasteiger partial charge is 0.312 e. The van der Waals surface area contributed by atoms with E-state index in [1.807, 2.05) is 29.2 Å². The lowest BCUT2D eigenvalue weighted by Gasteiger charge is -2.40.